The fourth-order valence-electron chi connectivity index (χ4n) is 2.27. The van der Waals surface area contributed by atoms with Gasteiger partial charge in [0.15, 0.2) is 0 Å². The van der Waals surface area contributed by atoms with Gasteiger partial charge in [0.1, 0.15) is 6.54 Å². The zero-order valence-corrected chi connectivity index (χ0v) is 13.0. The second kappa shape index (κ2) is 6.43. The van der Waals surface area contributed by atoms with E-state index in [9.17, 15) is 4.79 Å². The van der Waals surface area contributed by atoms with E-state index in [1.807, 2.05) is 30.5 Å². The summed E-state index contributed by atoms with van der Waals surface area (Å²) >= 11 is 0. The van der Waals surface area contributed by atoms with Crippen LogP contribution in [0.5, 0.6) is 0 Å². The Balaban J connectivity index is 1.59. The highest BCUT2D eigenvalue weighted by Crippen LogP contribution is 2.13. The monoisotopic (exact) mass is 311 g/mol. The first kappa shape index (κ1) is 15.0. The van der Waals surface area contributed by atoms with Crippen LogP contribution in [0.15, 0.2) is 41.2 Å². The molecule has 0 aromatic carbocycles. The fraction of sp³-hybridized carbons (Fsp3) is 0.250. The number of pyridine rings is 1. The van der Waals surface area contributed by atoms with E-state index in [0.29, 0.717) is 11.7 Å². The van der Waals surface area contributed by atoms with Crippen LogP contribution in [0.3, 0.4) is 0 Å². The summed E-state index contributed by atoms with van der Waals surface area (Å²) in [6.45, 7) is 4.42. The molecule has 1 amide bonds. The number of carbonyl (C=O) groups is 1. The van der Waals surface area contributed by atoms with Crippen LogP contribution in [-0.2, 0) is 17.9 Å². The number of hydrogen-bond donors (Lipinski definition) is 1. The van der Waals surface area contributed by atoms with E-state index in [0.717, 1.165) is 17.0 Å². The van der Waals surface area contributed by atoms with E-state index in [1.165, 1.54) is 0 Å². The van der Waals surface area contributed by atoms with Gasteiger partial charge in [0.2, 0.25) is 17.6 Å². The molecule has 0 saturated carbocycles. The molecule has 0 radical (unpaired) electrons. The Morgan fingerprint density at radius 1 is 1.17 bits per heavy atom. The number of aromatic nitrogens is 4. The third kappa shape index (κ3) is 3.45. The van der Waals surface area contributed by atoms with Crippen LogP contribution in [0.25, 0.3) is 11.4 Å². The molecule has 3 aromatic heterocycles. The van der Waals surface area contributed by atoms with Gasteiger partial charge in [-0.3, -0.25) is 9.78 Å². The Hall–Kier alpha value is -2.96. The van der Waals surface area contributed by atoms with Crippen molar-refractivity contribution >= 4 is 5.91 Å². The second-order valence-electron chi connectivity index (χ2n) is 5.23. The fourth-order valence-corrected chi connectivity index (χ4v) is 2.27. The van der Waals surface area contributed by atoms with E-state index in [2.05, 4.69) is 20.4 Å². The Morgan fingerprint density at radius 2 is 1.87 bits per heavy atom. The summed E-state index contributed by atoms with van der Waals surface area (Å²) < 4.78 is 7.10. The van der Waals surface area contributed by atoms with Crippen LogP contribution >= 0.6 is 0 Å². The van der Waals surface area contributed by atoms with E-state index in [4.69, 9.17) is 4.52 Å². The zero-order valence-electron chi connectivity index (χ0n) is 13.0. The second-order valence-corrected chi connectivity index (χ2v) is 5.23. The number of carbonyl (C=O) groups excluding carboxylic acids is 1. The van der Waals surface area contributed by atoms with Crippen molar-refractivity contribution in [1.29, 1.82) is 0 Å². The summed E-state index contributed by atoms with van der Waals surface area (Å²) in [6.07, 6.45) is 3.32. The minimum atomic E-state index is -0.101. The Kier molecular flexibility index (Phi) is 4.18. The summed E-state index contributed by atoms with van der Waals surface area (Å²) in [5.41, 5.74) is 2.92. The zero-order chi connectivity index (χ0) is 16.2. The Morgan fingerprint density at radius 3 is 2.57 bits per heavy atom. The van der Waals surface area contributed by atoms with Crippen LogP contribution < -0.4 is 5.32 Å². The molecule has 0 aliphatic carbocycles. The number of nitrogens with zero attached hydrogens (tertiary/aromatic N) is 4. The molecule has 0 unspecified atom stereocenters. The largest absolute Gasteiger partial charge is 0.345 e. The Labute approximate surface area is 133 Å². The van der Waals surface area contributed by atoms with Gasteiger partial charge in [0.25, 0.3) is 0 Å². The van der Waals surface area contributed by atoms with Crippen LogP contribution in [0.2, 0.25) is 0 Å². The lowest BCUT2D eigenvalue weighted by molar-refractivity contribution is -0.122. The number of rotatable bonds is 5. The van der Waals surface area contributed by atoms with E-state index in [-0.39, 0.29) is 19.0 Å². The van der Waals surface area contributed by atoms with Crippen LogP contribution in [-0.4, -0.2) is 25.6 Å². The van der Waals surface area contributed by atoms with Gasteiger partial charge < -0.3 is 14.4 Å². The van der Waals surface area contributed by atoms with Gasteiger partial charge in [0.05, 0.1) is 6.54 Å². The number of nitrogens with one attached hydrogen (secondary N) is 1. The minimum absolute atomic E-state index is 0.101. The first-order chi connectivity index (χ1) is 11.1. The smallest absolute Gasteiger partial charge is 0.246 e. The predicted octanol–water partition coefficient (Wildman–Crippen LogP) is 1.87. The molecule has 0 atom stereocenters. The number of hydrogen-bond acceptors (Lipinski definition) is 5. The van der Waals surface area contributed by atoms with Crippen LogP contribution in [0.4, 0.5) is 0 Å². The molecule has 1 N–H and O–H groups in total. The molecule has 3 rings (SSSR count). The van der Waals surface area contributed by atoms with Gasteiger partial charge in [-0.25, -0.2) is 0 Å². The highest BCUT2D eigenvalue weighted by molar-refractivity contribution is 5.75. The molecule has 0 fully saturated rings. The first-order valence-corrected chi connectivity index (χ1v) is 7.26. The van der Waals surface area contributed by atoms with Crippen molar-refractivity contribution in [2.75, 3.05) is 0 Å². The lowest BCUT2D eigenvalue weighted by Crippen LogP contribution is -2.27. The van der Waals surface area contributed by atoms with Gasteiger partial charge in [-0.2, -0.15) is 4.98 Å². The van der Waals surface area contributed by atoms with Crippen molar-refractivity contribution in [3.05, 3.63) is 53.9 Å². The molecule has 3 heterocycles. The van der Waals surface area contributed by atoms with Crippen molar-refractivity contribution < 1.29 is 9.32 Å². The third-order valence-corrected chi connectivity index (χ3v) is 3.56. The summed E-state index contributed by atoms with van der Waals surface area (Å²) in [4.78, 5) is 20.2. The normalized spacial score (nSPS) is 10.7. The standard InChI is InChI=1S/C16H17N5O2/c1-11-3-4-12(2)21(11)10-14(22)18-9-15-19-16(20-23-15)13-5-7-17-8-6-13/h3-8H,9-10H2,1-2H3,(H,18,22). The summed E-state index contributed by atoms with van der Waals surface area (Å²) in [7, 11) is 0. The van der Waals surface area contributed by atoms with Gasteiger partial charge in [-0.15, -0.1) is 0 Å². The Bertz CT molecular complexity index is 788. The SMILES string of the molecule is Cc1ccc(C)n1CC(=O)NCc1nc(-c2ccncc2)no1. The molecule has 118 valence electrons. The van der Waals surface area contributed by atoms with Crippen LogP contribution in [0.1, 0.15) is 17.3 Å². The summed E-state index contributed by atoms with van der Waals surface area (Å²) in [5.74, 6) is 0.746. The topological polar surface area (TPSA) is 85.8 Å². The highest BCUT2D eigenvalue weighted by atomic mass is 16.5. The maximum Gasteiger partial charge on any atom is 0.246 e. The molecule has 7 nitrogen and oxygen atoms in total. The average Bonchev–Trinajstić information content (AvgIpc) is 3.16. The lowest BCUT2D eigenvalue weighted by atomic mass is 10.2. The van der Waals surface area contributed by atoms with Gasteiger partial charge in [-0.1, -0.05) is 5.16 Å². The van der Waals surface area contributed by atoms with Crippen LogP contribution in [0, 0.1) is 13.8 Å². The third-order valence-electron chi connectivity index (χ3n) is 3.56. The summed E-state index contributed by atoms with van der Waals surface area (Å²) in [6, 6.07) is 7.57. The van der Waals surface area contributed by atoms with Gasteiger partial charge in [-0.05, 0) is 38.1 Å². The molecule has 0 saturated heterocycles. The molecule has 23 heavy (non-hydrogen) atoms. The quantitative estimate of drug-likeness (QED) is 0.777. The van der Waals surface area contributed by atoms with Gasteiger partial charge in [0, 0.05) is 29.3 Å². The predicted molar refractivity (Wildman–Crippen MR) is 83.3 cm³/mol. The first-order valence-electron chi connectivity index (χ1n) is 7.26. The maximum absolute atomic E-state index is 12.0. The average molecular weight is 311 g/mol. The van der Waals surface area contributed by atoms with Gasteiger partial charge >= 0.3 is 0 Å². The summed E-state index contributed by atoms with van der Waals surface area (Å²) in [5, 5.41) is 6.69. The highest BCUT2D eigenvalue weighted by Gasteiger charge is 2.11. The number of aryl methyl sites for hydroxylation is 2. The van der Waals surface area contributed by atoms with E-state index < -0.39 is 0 Å². The maximum atomic E-state index is 12.0. The number of amides is 1. The molecular weight excluding hydrogens is 294 g/mol. The van der Waals surface area contributed by atoms with Crippen molar-refractivity contribution in [1.82, 2.24) is 25.0 Å². The molecule has 3 aromatic rings. The van der Waals surface area contributed by atoms with Crippen molar-refractivity contribution in [2.24, 2.45) is 0 Å². The molecule has 0 bridgehead atoms. The van der Waals surface area contributed by atoms with Crippen molar-refractivity contribution in [3.8, 4) is 11.4 Å². The molecule has 7 heteroatoms. The minimum Gasteiger partial charge on any atom is -0.345 e. The van der Waals surface area contributed by atoms with Crippen molar-refractivity contribution in [3.63, 3.8) is 0 Å². The van der Waals surface area contributed by atoms with E-state index in [1.54, 1.807) is 24.5 Å². The molecule has 0 aliphatic rings. The molecule has 0 aliphatic heterocycles. The van der Waals surface area contributed by atoms with Crippen molar-refractivity contribution in [2.45, 2.75) is 26.9 Å². The van der Waals surface area contributed by atoms with E-state index >= 15 is 0 Å². The molecule has 0 spiro atoms. The molecular formula is C16H17N5O2. The lowest BCUT2D eigenvalue weighted by Gasteiger charge is -2.08.